The van der Waals surface area contributed by atoms with Gasteiger partial charge < -0.3 is 10.2 Å². The molecular formula is C13H18N2O5S. The Morgan fingerprint density at radius 1 is 1.33 bits per heavy atom. The number of carboxylic acid groups (broad SMARTS) is 1. The Morgan fingerprint density at radius 2 is 1.95 bits per heavy atom. The van der Waals surface area contributed by atoms with E-state index in [4.69, 9.17) is 5.11 Å². The molecule has 1 aliphatic rings. The van der Waals surface area contributed by atoms with Gasteiger partial charge >= 0.3 is 16.2 Å². The number of hydrogen-bond acceptors (Lipinski definition) is 4. The lowest BCUT2D eigenvalue weighted by Gasteiger charge is -2.29. The topological polar surface area (TPSA) is 107 Å². The molecule has 0 atom stereocenters. The van der Waals surface area contributed by atoms with Gasteiger partial charge in [0.25, 0.3) is 0 Å². The highest BCUT2D eigenvalue weighted by Gasteiger charge is 2.27. The van der Waals surface area contributed by atoms with Crippen molar-refractivity contribution in [2.75, 3.05) is 17.8 Å². The molecule has 1 heterocycles. The molecule has 3 N–H and O–H groups in total. The third kappa shape index (κ3) is 3.64. The van der Waals surface area contributed by atoms with Crippen LogP contribution in [0.5, 0.6) is 5.75 Å². The van der Waals surface area contributed by atoms with Crippen LogP contribution < -0.4 is 4.72 Å². The van der Waals surface area contributed by atoms with Gasteiger partial charge in [-0.1, -0.05) is 6.92 Å². The summed E-state index contributed by atoms with van der Waals surface area (Å²) in [6.45, 7) is 2.90. The van der Waals surface area contributed by atoms with Crippen molar-refractivity contribution in [3.63, 3.8) is 0 Å². The van der Waals surface area contributed by atoms with Gasteiger partial charge in [-0.15, -0.1) is 0 Å². The summed E-state index contributed by atoms with van der Waals surface area (Å²) in [7, 11) is -3.79. The van der Waals surface area contributed by atoms with E-state index in [1.165, 1.54) is 16.4 Å². The van der Waals surface area contributed by atoms with E-state index in [-0.39, 0.29) is 17.0 Å². The monoisotopic (exact) mass is 314 g/mol. The SMILES string of the molecule is CC1CCN(S(=O)(=O)Nc2ccc(O)cc2C(=O)O)CC1. The van der Waals surface area contributed by atoms with E-state index < -0.39 is 16.2 Å². The minimum Gasteiger partial charge on any atom is -0.508 e. The number of hydrogen-bond donors (Lipinski definition) is 3. The summed E-state index contributed by atoms with van der Waals surface area (Å²) in [6, 6.07) is 3.49. The Labute approximate surface area is 123 Å². The molecule has 8 heteroatoms. The first-order valence-corrected chi connectivity index (χ1v) is 8.08. The third-order valence-corrected chi connectivity index (χ3v) is 5.08. The fraction of sp³-hybridized carbons (Fsp3) is 0.462. The number of benzene rings is 1. The van der Waals surface area contributed by atoms with E-state index in [2.05, 4.69) is 11.6 Å². The number of aromatic hydroxyl groups is 1. The number of carboxylic acids is 1. The van der Waals surface area contributed by atoms with E-state index in [0.29, 0.717) is 19.0 Å². The largest absolute Gasteiger partial charge is 0.508 e. The molecule has 1 aromatic carbocycles. The molecule has 116 valence electrons. The summed E-state index contributed by atoms with van der Waals surface area (Å²) in [4.78, 5) is 11.1. The average Bonchev–Trinajstić information content (AvgIpc) is 2.41. The zero-order chi connectivity index (χ0) is 15.6. The van der Waals surface area contributed by atoms with Crippen LogP contribution in [-0.2, 0) is 10.2 Å². The molecule has 0 saturated carbocycles. The smallest absolute Gasteiger partial charge is 0.337 e. The Kier molecular flexibility index (Phi) is 4.38. The first kappa shape index (κ1) is 15.6. The number of nitrogens with zero attached hydrogens (tertiary/aromatic N) is 1. The summed E-state index contributed by atoms with van der Waals surface area (Å²) in [5.41, 5.74) is -0.345. The van der Waals surface area contributed by atoms with Crippen LogP contribution in [0.15, 0.2) is 18.2 Å². The highest BCUT2D eigenvalue weighted by Crippen LogP contribution is 2.25. The predicted molar refractivity (Wildman–Crippen MR) is 77.6 cm³/mol. The van der Waals surface area contributed by atoms with E-state index >= 15 is 0 Å². The number of rotatable bonds is 4. The lowest BCUT2D eigenvalue weighted by molar-refractivity contribution is 0.0697. The first-order chi connectivity index (χ1) is 9.79. The Hall–Kier alpha value is -1.80. The van der Waals surface area contributed by atoms with Gasteiger partial charge in [0.1, 0.15) is 5.75 Å². The summed E-state index contributed by atoms with van der Waals surface area (Å²) < 4.78 is 28.2. The molecule has 0 bridgehead atoms. The van der Waals surface area contributed by atoms with Gasteiger partial charge in [-0.05, 0) is 37.0 Å². The molecule has 0 aromatic heterocycles. The van der Waals surface area contributed by atoms with Gasteiger partial charge in [-0.25, -0.2) is 4.79 Å². The molecule has 1 saturated heterocycles. The second kappa shape index (κ2) is 5.90. The van der Waals surface area contributed by atoms with E-state index in [1.54, 1.807) is 0 Å². The van der Waals surface area contributed by atoms with Crippen LogP contribution in [-0.4, -0.2) is 42.0 Å². The van der Waals surface area contributed by atoms with Gasteiger partial charge in [0, 0.05) is 13.1 Å². The summed E-state index contributed by atoms with van der Waals surface area (Å²) >= 11 is 0. The Morgan fingerprint density at radius 3 is 2.52 bits per heavy atom. The van der Waals surface area contributed by atoms with Crippen molar-refractivity contribution in [1.29, 1.82) is 0 Å². The second-order valence-electron chi connectivity index (χ2n) is 5.22. The molecular weight excluding hydrogens is 296 g/mol. The second-order valence-corrected chi connectivity index (χ2v) is 6.89. The molecule has 1 aliphatic heterocycles. The first-order valence-electron chi connectivity index (χ1n) is 6.64. The van der Waals surface area contributed by atoms with E-state index in [0.717, 1.165) is 18.9 Å². The van der Waals surface area contributed by atoms with Crippen LogP contribution in [0.4, 0.5) is 5.69 Å². The van der Waals surface area contributed by atoms with Crippen molar-refractivity contribution in [3.8, 4) is 5.75 Å². The molecule has 0 aliphatic carbocycles. The van der Waals surface area contributed by atoms with Crippen molar-refractivity contribution in [2.45, 2.75) is 19.8 Å². The van der Waals surface area contributed by atoms with Gasteiger partial charge in [0.05, 0.1) is 11.3 Å². The zero-order valence-electron chi connectivity index (χ0n) is 11.6. The van der Waals surface area contributed by atoms with Crippen LogP contribution in [0.3, 0.4) is 0 Å². The minimum atomic E-state index is -3.79. The van der Waals surface area contributed by atoms with Gasteiger partial charge in [-0.2, -0.15) is 12.7 Å². The van der Waals surface area contributed by atoms with E-state index in [9.17, 15) is 18.3 Å². The minimum absolute atomic E-state index is 0.0566. The number of nitrogens with one attached hydrogen (secondary N) is 1. The molecule has 1 fully saturated rings. The maximum absolute atomic E-state index is 12.3. The number of carbonyl (C=O) groups is 1. The van der Waals surface area contributed by atoms with Crippen LogP contribution >= 0.6 is 0 Å². The standard InChI is InChI=1S/C13H18N2O5S/c1-9-4-6-15(7-5-9)21(19,20)14-12-3-2-10(16)8-11(12)13(17)18/h2-3,8-9,14,16H,4-7H2,1H3,(H,17,18). The van der Waals surface area contributed by atoms with Crippen molar-refractivity contribution in [3.05, 3.63) is 23.8 Å². The van der Waals surface area contributed by atoms with Gasteiger partial charge in [-0.3, -0.25) is 4.72 Å². The number of aromatic carboxylic acids is 1. The molecule has 1 aromatic rings. The predicted octanol–water partition coefficient (Wildman–Crippen LogP) is 1.48. The average molecular weight is 314 g/mol. The fourth-order valence-corrected chi connectivity index (χ4v) is 3.50. The summed E-state index contributed by atoms with van der Waals surface area (Å²) in [5, 5.41) is 18.4. The number of piperidine rings is 1. The van der Waals surface area contributed by atoms with Crippen LogP contribution in [0.1, 0.15) is 30.1 Å². The summed E-state index contributed by atoms with van der Waals surface area (Å²) in [5.74, 6) is -1.06. The third-order valence-electron chi connectivity index (χ3n) is 3.56. The van der Waals surface area contributed by atoms with Crippen molar-refractivity contribution in [1.82, 2.24) is 4.31 Å². The maximum Gasteiger partial charge on any atom is 0.337 e. The molecule has 0 unspecified atom stereocenters. The van der Waals surface area contributed by atoms with E-state index in [1.807, 2.05) is 0 Å². The van der Waals surface area contributed by atoms with Crippen LogP contribution in [0, 0.1) is 5.92 Å². The highest BCUT2D eigenvalue weighted by atomic mass is 32.2. The molecule has 0 amide bonds. The number of anilines is 1. The van der Waals surface area contributed by atoms with Crippen LogP contribution in [0.25, 0.3) is 0 Å². The number of phenolic OH excluding ortho intramolecular Hbond substituents is 1. The Balaban J connectivity index is 2.23. The van der Waals surface area contributed by atoms with Gasteiger partial charge in [0.2, 0.25) is 0 Å². The lowest BCUT2D eigenvalue weighted by Crippen LogP contribution is -2.41. The molecule has 7 nitrogen and oxygen atoms in total. The quantitative estimate of drug-likeness (QED) is 0.730. The molecule has 0 radical (unpaired) electrons. The molecule has 0 spiro atoms. The molecule has 2 rings (SSSR count). The number of phenols is 1. The van der Waals surface area contributed by atoms with Crippen LogP contribution in [0.2, 0.25) is 0 Å². The van der Waals surface area contributed by atoms with Crippen molar-refractivity contribution in [2.24, 2.45) is 5.92 Å². The Bertz CT molecular complexity index is 636. The highest BCUT2D eigenvalue weighted by molar-refractivity contribution is 7.90. The fourth-order valence-electron chi connectivity index (χ4n) is 2.23. The molecule has 21 heavy (non-hydrogen) atoms. The van der Waals surface area contributed by atoms with Gasteiger partial charge in [0.15, 0.2) is 0 Å². The zero-order valence-corrected chi connectivity index (χ0v) is 12.4. The normalized spacial score (nSPS) is 17.6. The maximum atomic E-state index is 12.3. The summed E-state index contributed by atoms with van der Waals surface area (Å²) in [6.07, 6.45) is 1.56. The van der Waals surface area contributed by atoms with Crippen molar-refractivity contribution < 1.29 is 23.4 Å². The lowest BCUT2D eigenvalue weighted by atomic mass is 10.0. The van der Waals surface area contributed by atoms with Crippen molar-refractivity contribution >= 4 is 21.9 Å².